The van der Waals surface area contributed by atoms with Gasteiger partial charge in [-0.05, 0) is 54.8 Å². The molecule has 0 spiro atoms. The van der Waals surface area contributed by atoms with Crippen LogP contribution in [0.5, 0.6) is 5.75 Å². The molecule has 1 saturated heterocycles. The Labute approximate surface area is 107 Å². The second kappa shape index (κ2) is 4.54. The van der Waals surface area contributed by atoms with E-state index in [1.807, 2.05) is 31.7 Å². The Morgan fingerprint density at radius 3 is 2.59 bits per heavy atom. The van der Waals surface area contributed by atoms with Crippen LogP contribution in [0.15, 0.2) is 12.1 Å². The molecule has 1 N–H and O–H groups in total. The average Bonchev–Trinajstić information content (AvgIpc) is 2.63. The minimum atomic E-state index is -0.675. The molecule has 2 rings (SSSR count). The Morgan fingerprint density at radius 2 is 2.06 bits per heavy atom. The molecule has 0 amide bonds. The molecule has 0 bridgehead atoms. The van der Waals surface area contributed by atoms with Crippen LogP contribution >= 0.6 is 11.8 Å². The number of ether oxygens (including phenoxy) is 1. The maximum absolute atomic E-state index is 10.8. The number of thioether (sulfide) groups is 1. The third kappa shape index (κ3) is 2.06. The Balaban J connectivity index is 2.49. The van der Waals surface area contributed by atoms with E-state index < -0.39 is 5.60 Å². The standard InChI is InChI=1S/C14H20O2S/c1-9-8-13(16-4)10(2)7-12(9)14(15)5-6-17-11(14)3/h7-8,11,15H,5-6H2,1-4H3. The van der Waals surface area contributed by atoms with Crippen LogP contribution in [0.2, 0.25) is 0 Å². The average molecular weight is 252 g/mol. The predicted octanol–water partition coefficient (Wildman–Crippen LogP) is 3.03. The smallest absolute Gasteiger partial charge is 0.122 e. The van der Waals surface area contributed by atoms with Gasteiger partial charge in [0.05, 0.1) is 7.11 Å². The fraction of sp³-hybridized carbons (Fsp3) is 0.571. The Morgan fingerprint density at radius 1 is 1.35 bits per heavy atom. The molecule has 1 heterocycles. The molecular formula is C14H20O2S. The second-order valence-electron chi connectivity index (χ2n) is 4.82. The van der Waals surface area contributed by atoms with Gasteiger partial charge in [-0.15, -0.1) is 0 Å². The summed E-state index contributed by atoms with van der Waals surface area (Å²) < 4.78 is 5.32. The summed E-state index contributed by atoms with van der Waals surface area (Å²) in [6, 6.07) is 4.11. The Hall–Kier alpha value is -0.670. The first-order valence-electron chi connectivity index (χ1n) is 5.98. The van der Waals surface area contributed by atoms with E-state index in [1.165, 1.54) is 0 Å². The number of benzene rings is 1. The fourth-order valence-corrected chi connectivity index (χ4v) is 3.87. The van der Waals surface area contributed by atoms with Crippen LogP contribution < -0.4 is 4.74 Å². The quantitative estimate of drug-likeness (QED) is 0.877. The molecule has 94 valence electrons. The highest BCUT2D eigenvalue weighted by Crippen LogP contribution is 2.45. The van der Waals surface area contributed by atoms with Crippen LogP contribution in [0, 0.1) is 13.8 Å². The van der Waals surface area contributed by atoms with E-state index >= 15 is 0 Å². The van der Waals surface area contributed by atoms with Gasteiger partial charge in [0.1, 0.15) is 11.4 Å². The van der Waals surface area contributed by atoms with Gasteiger partial charge in [-0.25, -0.2) is 0 Å². The maximum atomic E-state index is 10.8. The van der Waals surface area contributed by atoms with Crippen LogP contribution in [0.1, 0.15) is 30.0 Å². The molecule has 1 aromatic rings. The van der Waals surface area contributed by atoms with Crippen LogP contribution in [0.3, 0.4) is 0 Å². The van der Waals surface area contributed by atoms with Gasteiger partial charge in [0.15, 0.2) is 0 Å². The number of aryl methyl sites for hydroxylation is 2. The summed E-state index contributed by atoms with van der Waals surface area (Å²) in [6.45, 7) is 6.18. The molecule has 1 aromatic carbocycles. The van der Waals surface area contributed by atoms with Crippen LogP contribution in [0.4, 0.5) is 0 Å². The summed E-state index contributed by atoms with van der Waals surface area (Å²) in [7, 11) is 1.68. The molecule has 3 heteroatoms. The summed E-state index contributed by atoms with van der Waals surface area (Å²) in [4.78, 5) is 0. The lowest BCUT2D eigenvalue weighted by Gasteiger charge is -2.29. The normalized spacial score (nSPS) is 28.4. The van der Waals surface area contributed by atoms with E-state index in [-0.39, 0.29) is 5.25 Å². The van der Waals surface area contributed by atoms with Crippen LogP contribution in [0.25, 0.3) is 0 Å². The zero-order valence-corrected chi connectivity index (χ0v) is 11.7. The number of hydrogen-bond acceptors (Lipinski definition) is 3. The molecule has 0 aliphatic carbocycles. The number of aliphatic hydroxyl groups is 1. The van der Waals surface area contributed by atoms with Crippen molar-refractivity contribution in [3.63, 3.8) is 0 Å². The highest BCUT2D eigenvalue weighted by molar-refractivity contribution is 8.00. The maximum Gasteiger partial charge on any atom is 0.122 e. The number of rotatable bonds is 2. The van der Waals surface area contributed by atoms with Crippen molar-refractivity contribution in [1.82, 2.24) is 0 Å². The van der Waals surface area contributed by atoms with Crippen LogP contribution in [-0.2, 0) is 5.60 Å². The van der Waals surface area contributed by atoms with Gasteiger partial charge in [0.2, 0.25) is 0 Å². The lowest BCUT2D eigenvalue weighted by Crippen LogP contribution is -2.32. The minimum Gasteiger partial charge on any atom is -0.496 e. The van der Waals surface area contributed by atoms with Crippen molar-refractivity contribution in [3.05, 3.63) is 28.8 Å². The van der Waals surface area contributed by atoms with E-state index in [0.29, 0.717) is 0 Å². The molecule has 2 unspecified atom stereocenters. The van der Waals surface area contributed by atoms with E-state index in [0.717, 1.165) is 34.6 Å². The molecule has 1 aliphatic rings. The zero-order valence-electron chi connectivity index (χ0n) is 10.9. The van der Waals surface area contributed by atoms with E-state index in [1.54, 1.807) is 7.11 Å². The largest absolute Gasteiger partial charge is 0.496 e. The molecule has 0 radical (unpaired) electrons. The molecule has 2 atom stereocenters. The van der Waals surface area contributed by atoms with Crippen molar-refractivity contribution in [1.29, 1.82) is 0 Å². The minimum absolute atomic E-state index is 0.258. The van der Waals surface area contributed by atoms with Gasteiger partial charge in [-0.1, -0.05) is 6.92 Å². The molecule has 17 heavy (non-hydrogen) atoms. The van der Waals surface area contributed by atoms with Gasteiger partial charge in [-0.3, -0.25) is 0 Å². The van der Waals surface area contributed by atoms with Crippen molar-refractivity contribution in [3.8, 4) is 5.75 Å². The first-order chi connectivity index (χ1) is 7.99. The van der Waals surface area contributed by atoms with Crippen molar-refractivity contribution in [2.45, 2.75) is 38.0 Å². The SMILES string of the molecule is COc1cc(C)c(C2(O)CCSC2C)cc1C. The van der Waals surface area contributed by atoms with E-state index in [9.17, 15) is 5.11 Å². The summed E-state index contributed by atoms with van der Waals surface area (Å²) in [5.41, 5.74) is 2.59. The van der Waals surface area contributed by atoms with Crippen molar-refractivity contribution in [2.75, 3.05) is 12.9 Å². The van der Waals surface area contributed by atoms with Crippen molar-refractivity contribution < 1.29 is 9.84 Å². The van der Waals surface area contributed by atoms with Gasteiger partial charge in [-0.2, -0.15) is 11.8 Å². The lowest BCUT2D eigenvalue weighted by molar-refractivity contribution is 0.0420. The number of methoxy groups -OCH3 is 1. The molecule has 2 nitrogen and oxygen atoms in total. The molecule has 1 fully saturated rings. The second-order valence-corrected chi connectivity index (χ2v) is 6.27. The highest BCUT2D eigenvalue weighted by atomic mass is 32.2. The lowest BCUT2D eigenvalue weighted by atomic mass is 9.84. The van der Waals surface area contributed by atoms with Crippen molar-refractivity contribution in [2.24, 2.45) is 0 Å². The van der Waals surface area contributed by atoms with E-state index in [4.69, 9.17) is 4.74 Å². The van der Waals surface area contributed by atoms with Gasteiger partial charge in [0.25, 0.3) is 0 Å². The predicted molar refractivity (Wildman–Crippen MR) is 72.9 cm³/mol. The van der Waals surface area contributed by atoms with Crippen molar-refractivity contribution >= 4 is 11.8 Å². The first kappa shape index (κ1) is 12.8. The third-order valence-corrected chi connectivity index (χ3v) is 5.06. The fourth-order valence-electron chi connectivity index (χ4n) is 2.56. The summed E-state index contributed by atoms with van der Waals surface area (Å²) in [6.07, 6.45) is 0.839. The first-order valence-corrected chi connectivity index (χ1v) is 7.03. The Kier molecular flexibility index (Phi) is 3.41. The molecule has 1 aliphatic heterocycles. The third-order valence-electron chi connectivity index (χ3n) is 3.73. The topological polar surface area (TPSA) is 29.5 Å². The molecular weight excluding hydrogens is 232 g/mol. The van der Waals surface area contributed by atoms with E-state index in [2.05, 4.69) is 13.0 Å². The molecule has 0 saturated carbocycles. The molecule has 0 aromatic heterocycles. The number of hydrogen-bond donors (Lipinski definition) is 1. The summed E-state index contributed by atoms with van der Waals surface area (Å²) in [5.74, 6) is 1.93. The Bertz CT molecular complexity index is 430. The van der Waals surface area contributed by atoms with Gasteiger partial charge >= 0.3 is 0 Å². The summed E-state index contributed by atoms with van der Waals surface area (Å²) in [5, 5.41) is 11.1. The summed E-state index contributed by atoms with van der Waals surface area (Å²) >= 11 is 1.84. The van der Waals surface area contributed by atoms with Crippen LogP contribution in [-0.4, -0.2) is 23.2 Å². The highest BCUT2D eigenvalue weighted by Gasteiger charge is 2.41. The monoisotopic (exact) mass is 252 g/mol. The zero-order chi connectivity index (χ0) is 12.6. The van der Waals surface area contributed by atoms with Gasteiger partial charge in [0, 0.05) is 5.25 Å². The van der Waals surface area contributed by atoms with Gasteiger partial charge < -0.3 is 9.84 Å².